The van der Waals surface area contributed by atoms with Crippen molar-refractivity contribution in [1.82, 2.24) is 15.8 Å². The summed E-state index contributed by atoms with van der Waals surface area (Å²) in [6.45, 7) is 2.01. The molecule has 1 amide bonds. The molecule has 0 spiro atoms. The number of nitrogens with zero attached hydrogens (tertiary/aromatic N) is 2. The van der Waals surface area contributed by atoms with Gasteiger partial charge in [0.1, 0.15) is 11.0 Å². The summed E-state index contributed by atoms with van der Waals surface area (Å²) in [7, 11) is 0. The van der Waals surface area contributed by atoms with E-state index in [-0.39, 0.29) is 6.42 Å². The molecule has 0 aliphatic heterocycles. The molecule has 0 saturated carbocycles. The van der Waals surface area contributed by atoms with Crippen molar-refractivity contribution >= 4 is 22.9 Å². The van der Waals surface area contributed by atoms with Gasteiger partial charge in [-0.15, -0.1) is 0 Å². The molecule has 4 rings (SSSR count). The van der Waals surface area contributed by atoms with Crippen LogP contribution < -0.4 is 5.48 Å². The highest BCUT2D eigenvalue weighted by Gasteiger charge is 2.14. The van der Waals surface area contributed by atoms with Crippen LogP contribution in [0.3, 0.4) is 0 Å². The number of aryl methyl sites for hydroxylation is 1. The number of amides is 1. The van der Waals surface area contributed by atoms with Gasteiger partial charge in [0.25, 0.3) is 5.91 Å². The van der Waals surface area contributed by atoms with E-state index >= 15 is 0 Å². The lowest BCUT2D eigenvalue weighted by molar-refractivity contribution is -0.129. The summed E-state index contributed by atoms with van der Waals surface area (Å²) < 4.78 is 4.68. The van der Waals surface area contributed by atoms with Crippen LogP contribution in [0.5, 0.6) is 0 Å². The number of hydrogen-bond donors (Lipinski definition) is 1. The quantitative estimate of drug-likeness (QED) is 0.538. The smallest absolute Gasteiger partial charge is 0.335 e. The van der Waals surface area contributed by atoms with Gasteiger partial charge in [0, 0.05) is 0 Å². The second-order valence-corrected chi connectivity index (χ2v) is 6.59. The minimum atomic E-state index is -0.645. The van der Waals surface area contributed by atoms with Gasteiger partial charge in [0.2, 0.25) is 0 Å². The minimum absolute atomic E-state index is 0.0256. The maximum absolute atomic E-state index is 12.3. The second kappa shape index (κ2) is 7.93. The van der Waals surface area contributed by atoms with E-state index in [1.807, 2.05) is 37.3 Å². The molecule has 0 aliphatic rings. The van der Waals surface area contributed by atoms with E-state index < -0.39 is 11.9 Å². The molecule has 29 heavy (non-hydrogen) atoms. The summed E-state index contributed by atoms with van der Waals surface area (Å²) in [5, 5.41) is 7.52. The van der Waals surface area contributed by atoms with E-state index in [2.05, 4.69) is 20.4 Å². The minimum Gasteiger partial charge on any atom is -0.335 e. The lowest BCUT2D eigenvalue weighted by atomic mass is 10.0. The third-order valence-electron chi connectivity index (χ3n) is 4.46. The van der Waals surface area contributed by atoms with Crippen molar-refractivity contribution < 1.29 is 19.1 Å². The average Bonchev–Trinajstić information content (AvgIpc) is 3.23. The normalized spacial score (nSPS) is 10.7. The summed E-state index contributed by atoms with van der Waals surface area (Å²) in [4.78, 5) is 29.5. The molecule has 0 atom stereocenters. The van der Waals surface area contributed by atoms with Crippen LogP contribution in [0, 0.1) is 6.92 Å². The number of fused-ring (bicyclic) bond motifs is 1. The van der Waals surface area contributed by atoms with Crippen LogP contribution in [0.25, 0.3) is 22.2 Å². The lowest BCUT2D eigenvalue weighted by Crippen LogP contribution is -2.28. The van der Waals surface area contributed by atoms with Gasteiger partial charge >= 0.3 is 5.97 Å². The van der Waals surface area contributed by atoms with Crippen molar-refractivity contribution in [3.63, 3.8) is 0 Å². The Balaban J connectivity index is 1.40. The van der Waals surface area contributed by atoms with Crippen molar-refractivity contribution in [3.05, 3.63) is 83.4 Å². The maximum Gasteiger partial charge on any atom is 0.362 e. The van der Waals surface area contributed by atoms with Crippen molar-refractivity contribution in [2.45, 2.75) is 13.3 Å². The highest BCUT2D eigenvalue weighted by molar-refractivity contribution is 5.92. The van der Waals surface area contributed by atoms with E-state index in [1.54, 1.807) is 36.4 Å². The van der Waals surface area contributed by atoms with E-state index in [4.69, 9.17) is 4.84 Å². The molecule has 0 unspecified atom stereocenters. The van der Waals surface area contributed by atoms with Crippen molar-refractivity contribution in [1.29, 1.82) is 0 Å². The van der Waals surface area contributed by atoms with Crippen molar-refractivity contribution in [2.24, 2.45) is 0 Å². The van der Waals surface area contributed by atoms with Crippen LogP contribution >= 0.6 is 0 Å². The van der Waals surface area contributed by atoms with Crippen molar-refractivity contribution in [2.75, 3.05) is 0 Å². The Hall–Kier alpha value is -4.00. The highest BCUT2D eigenvalue weighted by atomic mass is 16.7. The highest BCUT2D eigenvalue weighted by Crippen LogP contribution is 2.21. The zero-order valence-corrected chi connectivity index (χ0v) is 15.6. The van der Waals surface area contributed by atoms with E-state index in [0.717, 1.165) is 16.7 Å². The summed E-state index contributed by atoms with van der Waals surface area (Å²) in [6, 6.07) is 20.2. The fraction of sp³-hybridized carbons (Fsp3) is 0.0909. The number of rotatable bonds is 4. The number of aromatic nitrogens is 2. The summed E-state index contributed by atoms with van der Waals surface area (Å²) >= 11 is 0. The third-order valence-corrected chi connectivity index (χ3v) is 4.46. The van der Waals surface area contributed by atoms with E-state index in [0.29, 0.717) is 22.2 Å². The fourth-order valence-corrected chi connectivity index (χ4v) is 2.95. The van der Waals surface area contributed by atoms with Gasteiger partial charge in [-0.05, 0) is 52.1 Å². The van der Waals surface area contributed by atoms with Gasteiger partial charge in [0.15, 0.2) is 0 Å². The van der Waals surface area contributed by atoms with Gasteiger partial charge in [-0.1, -0.05) is 54.1 Å². The Labute approximate surface area is 166 Å². The largest absolute Gasteiger partial charge is 0.362 e. The average molecular weight is 387 g/mol. The molecule has 0 radical (unpaired) electrons. The van der Waals surface area contributed by atoms with Gasteiger partial charge < -0.3 is 4.84 Å². The predicted octanol–water partition coefficient (Wildman–Crippen LogP) is 3.63. The number of nitrogens with one attached hydrogen (secondary N) is 1. The second-order valence-electron chi connectivity index (χ2n) is 6.59. The van der Waals surface area contributed by atoms with Crippen molar-refractivity contribution in [3.8, 4) is 11.1 Å². The molecule has 0 aliphatic carbocycles. The lowest BCUT2D eigenvalue weighted by Gasteiger charge is -2.08. The number of carbonyl (C=O) groups is 2. The van der Waals surface area contributed by atoms with E-state index in [9.17, 15) is 9.59 Å². The topological polar surface area (TPSA) is 94.3 Å². The van der Waals surface area contributed by atoms with Crippen LogP contribution in [0.15, 0.2) is 71.4 Å². The third kappa shape index (κ3) is 4.14. The molecule has 1 heterocycles. The number of hydrogen-bond acceptors (Lipinski definition) is 6. The molecule has 7 nitrogen and oxygen atoms in total. The molecule has 7 heteroatoms. The molecule has 1 N–H and O–H groups in total. The van der Waals surface area contributed by atoms with Crippen LogP contribution in [-0.4, -0.2) is 22.2 Å². The number of benzene rings is 3. The number of hydroxylamine groups is 1. The van der Waals surface area contributed by atoms with Crippen LogP contribution in [0.1, 0.15) is 21.5 Å². The molecule has 0 fully saturated rings. The first-order chi connectivity index (χ1) is 14.1. The Morgan fingerprint density at radius 3 is 2.59 bits per heavy atom. The molecular weight excluding hydrogens is 370 g/mol. The standard InChI is InChI=1S/C22H17N3O4/c1-14-8-10-15(11-9-14)16-4-2-6-18(12-16)22(27)28-24-20(26)13-17-5-3-7-19-21(17)25-29-23-19/h2-12H,13H2,1H3,(H,24,26). The molecule has 3 aromatic carbocycles. The Bertz CT molecular complexity index is 1180. The predicted molar refractivity (Wildman–Crippen MR) is 106 cm³/mol. The van der Waals surface area contributed by atoms with Gasteiger partial charge in [0.05, 0.1) is 12.0 Å². The first-order valence-corrected chi connectivity index (χ1v) is 8.97. The monoisotopic (exact) mass is 387 g/mol. The Kier molecular flexibility index (Phi) is 5.03. The number of carbonyl (C=O) groups excluding carboxylic acids is 2. The Morgan fingerprint density at radius 1 is 0.966 bits per heavy atom. The Morgan fingerprint density at radius 2 is 1.76 bits per heavy atom. The van der Waals surface area contributed by atoms with Crippen LogP contribution in [0.4, 0.5) is 0 Å². The summed E-state index contributed by atoms with van der Waals surface area (Å²) in [5.74, 6) is -1.13. The molecule has 0 bridgehead atoms. The maximum atomic E-state index is 12.3. The molecule has 1 aromatic heterocycles. The summed E-state index contributed by atoms with van der Waals surface area (Å²) in [5.41, 5.74) is 7.24. The molecule has 0 saturated heterocycles. The SMILES string of the molecule is Cc1ccc(-c2cccc(C(=O)ONC(=O)Cc3cccc4nonc34)c2)cc1. The first-order valence-electron chi connectivity index (χ1n) is 8.97. The molecular formula is C22H17N3O4. The summed E-state index contributed by atoms with van der Waals surface area (Å²) in [6.07, 6.45) is -0.0256. The van der Waals surface area contributed by atoms with Gasteiger partial charge in [-0.3, -0.25) is 4.79 Å². The zero-order chi connectivity index (χ0) is 20.2. The van der Waals surface area contributed by atoms with E-state index in [1.165, 1.54) is 0 Å². The van der Waals surface area contributed by atoms with Crippen LogP contribution in [0.2, 0.25) is 0 Å². The fourth-order valence-electron chi connectivity index (χ4n) is 2.95. The van der Waals surface area contributed by atoms with Gasteiger partial charge in [-0.2, -0.15) is 5.48 Å². The van der Waals surface area contributed by atoms with Crippen LogP contribution in [-0.2, 0) is 16.1 Å². The molecule has 144 valence electrons. The first kappa shape index (κ1) is 18.4. The van der Waals surface area contributed by atoms with Gasteiger partial charge in [-0.25, -0.2) is 9.42 Å². The zero-order valence-electron chi connectivity index (χ0n) is 15.6. The molecule has 4 aromatic rings.